The van der Waals surface area contributed by atoms with E-state index in [1.165, 1.54) is 36.4 Å². The highest BCUT2D eigenvalue weighted by molar-refractivity contribution is 7.92. The Morgan fingerprint density at radius 3 is 2.31 bits per heavy atom. The van der Waals surface area contributed by atoms with Crippen molar-refractivity contribution < 1.29 is 26.8 Å². The van der Waals surface area contributed by atoms with Gasteiger partial charge in [0.2, 0.25) is 5.91 Å². The van der Waals surface area contributed by atoms with Crippen molar-refractivity contribution >= 4 is 44.9 Å². The molecular formula is C23H19Cl2F2N3O4S. The quantitative estimate of drug-likeness (QED) is 0.599. The number of carbonyl (C=O) groups excluding carboxylic acids is 2. The molecule has 0 radical (unpaired) electrons. The van der Waals surface area contributed by atoms with E-state index in [0.29, 0.717) is 17.7 Å². The third kappa shape index (κ3) is 4.73. The molecule has 1 N–H and O–H groups in total. The van der Waals surface area contributed by atoms with Crippen molar-refractivity contribution in [2.45, 2.75) is 46.9 Å². The summed E-state index contributed by atoms with van der Waals surface area (Å²) in [6.45, 7) is -0.646. The minimum Gasteiger partial charge on any atom is -0.336 e. The largest absolute Gasteiger partial charge is 0.349 e. The summed E-state index contributed by atoms with van der Waals surface area (Å²) in [6.07, 6.45) is 0.319. The fraction of sp³-hybridized carbons (Fsp3) is 0.348. The topological polar surface area (TPSA) is 107 Å². The van der Waals surface area contributed by atoms with Gasteiger partial charge in [-0.05, 0) is 43.5 Å². The molecule has 2 aliphatic rings. The average molecular weight is 542 g/mol. The minimum absolute atomic E-state index is 0.0637. The second kappa shape index (κ2) is 9.04. The molecule has 2 amide bonds. The Kier molecular flexibility index (Phi) is 6.55. The molecule has 2 aromatic carbocycles. The van der Waals surface area contributed by atoms with Crippen molar-refractivity contribution in [3.63, 3.8) is 0 Å². The summed E-state index contributed by atoms with van der Waals surface area (Å²) in [5.41, 5.74) is -1.79. The zero-order valence-electron chi connectivity index (χ0n) is 18.0. The van der Waals surface area contributed by atoms with Crippen LogP contribution in [0.3, 0.4) is 0 Å². The van der Waals surface area contributed by atoms with Gasteiger partial charge in [0.1, 0.15) is 11.6 Å². The molecule has 1 heterocycles. The van der Waals surface area contributed by atoms with Gasteiger partial charge in [0.25, 0.3) is 5.91 Å². The molecule has 4 rings (SSSR count). The highest BCUT2D eigenvalue weighted by Gasteiger charge is 2.54. The number of hydrogen-bond donors (Lipinski definition) is 1. The van der Waals surface area contributed by atoms with Crippen molar-refractivity contribution in [3.8, 4) is 6.07 Å². The number of alkyl halides is 2. The van der Waals surface area contributed by atoms with Crippen molar-refractivity contribution in [3.05, 3.63) is 64.1 Å². The first-order valence-electron chi connectivity index (χ1n) is 10.6. The molecule has 2 fully saturated rings. The first kappa shape index (κ1) is 25.4. The van der Waals surface area contributed by atoms with Crippen LogP contribution < -0.4 is 5.32 Å². The number of nitriles is 1. The Bertz CT molecular complexity index is 1330. The highest BCUT2D eigenvalue weighted by Crippen LogP contribution is 2.39. The number of nitrogens with one attached hydrogen (secondary N) is 1. The normalized spacial score (nSPS) is 21.3. The van der Waals surface area contributed by atoms with Gasteiger partial charge in [-0.3, -0.25) is 9.59 Å². The molecule has 2 unspecified atom stereocenters. The lowest BCUT2D eigenvalue weighted by Crippen LogP contribution is -2.52. The van der Waals surface area contributed by atoms with Gasteiger partial charge in [-0.25, -0.2) is 8.42 Å². The van der Waals surface area contributed by atoms with Gasteiger partial charge >= 0.3 is 5.92 Å². The molecule has 0 spiro atoms. The standard InChI is InChI=1S/C23H19Cl2F2N3O4S/c24-15-7-5-14(6-8-15)23(26,27)21(32)30-12-16(35(33,34)19-4-2-1-3-17(19)25)11-18(30)20(31)29-22(13-28)9-10-22/h1-8,16,18H,9-12H2,(H,29,31). The first-order valence-corrected chi connectivity index (χ1v) is 12.9. The number of likely N-dealkylation sites (tertiary alicyclic amines) is 1. The number of nitrogens with zero attached hydrogens (tertiary/aromatic N) is 2. The lowest BCUT2D eigenvalue weighted by atomic mass is 10.1. The lowest BCUT2D eigenvalue weighted by Gasteiger charge is -2.28. The third-order valence-electron chi connectivity index (χ3n) is 6.21. The number of rotatable bonds is 6. The van der Waals surface area contributed by atoms with Crippen LogP contribution in [-0.2, 0) is 25.3 Å². The van der Waals surface area contributed by atoms with Crippen molar-refractivity contribution in [2.24, 2.45) is 0 Å². The fourth-order valence-electron chi connectivity index (χ4n) is 4.02. The van der Waals surface area contributed by atoms with Crippen LogP contribution >= 0.6 is 23.2 Å². The molecule has 1 saturated heterocycles. The fourth-order valence-corrected chi connectivity index (χ4v) is 6.37. The van der Waals surface area contributed by atoms with Crippen LogP contribution in [0.4, 0.5) is 8.78 Å². The predicted molar refractivity (Wildman–Crippen MR) is 124 cm³/mol. The average Bonchev–Trinajstić information content (AvgIpc) is 3.44. The Balaban J connectivity index is 1.69. The van der Waals surface area contributed by atoms with Crippen molar-refractivity contribution in [1.82, 2.24) is 10.2 Å². The number of halogens is 4. The molecule has 184 valence electrons. The van der Waals surface area contributed by atoms with Crippen molar-refractivity contribution in [1.29, 1.82) is 5.26 Å². The number of carbonyl (C=O) groups is 2. The molecule has 0 aromatic heterocycles. The zero-order valence-corrected chi connectivity index (χ0v) is 20.4. The molecule has 2 aromatic rings. The van der Waals surface area contributed by atoms with Gasteiger partial charge in [0.05, 0.1) is 21.2 Å². The van der Waals surface area contributed by atoms with Gasteiger partial charge in [0.15, 0.2) is 9.84 Å². The first-order chi connectivity index (χ1) is 16.4. The summed E-state index contributed by atoms with van der Waals surface area (Å²) in [4.78, 5) is 26.4. The lowest BCUT2D eigenvalue weighted by molar-refractivity contribution is -0.161. The van der Waals surface area contributed by atoms with Crippen LogP contribution in [0.25, 0.3) is 0 Å². The second-order valence-corrected chi connectivity index (χ2v) is 11.6. The van der Waals surface area contributed by atoms with Crippen LogP contribution in [-0.4, -0.2) is 48.5 Å². The summed E-state index contributed by atoms with van der Waals surface area (Å²) in [5.74, 6) is -6.64. The van der Waals surface area contributed by atoms with Crippen LogP contribution in [0.1, 0.15) is 24.8 Å². The molecule has 1 saturated carbocycles. The van der Waals surface area contributed by atoms with Crippen LogP contribution in [0.5, 0.6) is 0 Å². The molecule has 35 heavy (non-hydrogen) atoms. The van der Waals surface area contributed by atoms with Crippen molar-refractivity contribution in [2.75, 3.05) is 6.54 Å². The van der Waals surface area contributed by atoms with Gasteiger partial charge in [-0.2, -0.15) is 14.0 Å². The Labute approximate surface area is 210 Å². The van der Waals surface area contributed by atoms with E-state index in [9.17, 15) is 23.3 Å². The molecular weight excluding hydrogens is 523 g/mol. The second-order valence-electron chi connectivity index (χ2n) is 8.57. The van der Waals surface area contributed by atoms with E-state index in [2.05, 4.69) is 5.32 Å². The predicted octanol–water partition coefficient (Wildman–Crippen LogP) is 3.70. The number of sulfone groups is 1. The maximum atomic E-state index is 15.2. The van der Waals surface area contributed by atoms with E-state index < -0.39 is 62.9 Å². The van der Waals surface area contributed by atoms with Crippen LogP contribution in [0, 0.1) is 11.3 Å². The summed E-state index contributed by atoms with van der Waals surface area (Å²) in [6, 6.07) is 10.4. The zero-order chi connectivity index (χ0) is 25.6. The highest BCUT2D eigenvalue weighted by atomic mass is 35.5. The smallest absolute Gasteiger partial charge is 0.336 e. The molecule has 0 bridgehead atoms. The molecule has 2 atom stereocenters. The van der Waals surface area contributed by atoms with E-state index in [1.807, 2.05) is 6.07 Å². The minimum atomic E-state index is -4.18. The van der Waals surface area contributed by atoms with Crippen LogP contribution in [0.15, 0.2) is 53.4 Å². The van der Waals surface area contributed by atoms with Gasteiger partial charge in [-0.1, -0.05) is 47.5 Å². The van der Waals surface area contributed by atoms with E-state index >= 15 is 8.78 Å². The van der Waals surface area contributed by atoms with E-state index in [0.717, 1.165) is 12.1 Å². The molecule has 7 nitrogen and oxygen atoms in total. The summed E-state index contributed by atoms with van der Waals surface area (Å²) < 4.78 is 57.0. The van der Waals surface area contributed by atoms with Gasteiger partial charge in [-0.15, -0.1) is 0 Å². The molecule has 1 aliphatic heterocycles. The Hall–Kier alpha value is -2.74. The Morgan fingerprint density at radius 1 is 1.11 bits per heavy atom. The number of hydrogen-bond acceptors (Lipinski definition) is 5. The van der Waals surface area contributed by atoms with E-state index in [1.54, 1.807) is 0 Å². The Morgan fingerprint density at radius 2 is 1.74 bits per heavy atom. The summed E-state index contributed by atoms with van der Waals surface area (Å²) >= 11 is 11.8. The monoisotopic (exact) mass is 541 g/mol. The van der Waals surface area contributed by atoms with E-state index in [-0.39, 0.29) is 14.9 Å². The third-order valence-corrected chi connectivity index (χ3v) is 9.09. The maximum absolute atomic E-state index is 15.2. The molecule has 12 heteroatoms. The molecule has 1 aliphatic carbocycles. The van der Waals surface area contributed by atoms with Gasteiger partial charge in [0, 0.05) is 17.1 Å². The maximum Gasteiger partial charge on any atom is 0.349 e. The van der Waals surface area contributed by atoms with E-state index in [4.69, 9.17) is 23.2 Å². The van der Waals surface area contributed by atoms with Gasteiger partial charge < -0.3 is 10.2 Å². The van der Waals surface area contributed by atoms with Crippen LogP contribution in [0.2, 0.25) is 10.0 Å². The number of benzene rings is 2. The number of amides is 2. The SMILES string of the molecule is N#CC1(NC(=O)C2CC(S(=O)(=O)c3ccccc3Cl)CN2C(=O)C(F)(F)c2ccc(Cl)cc2)CC1. The summed E-state index contributed by atoms with van der Waals surface area (Å²) in [7, 11) is -4.18. The summed E-state index contributed by atoms with van der Waals surface area (Å²) in [5, 5.41) is 10.5.